The lowest BCUT2D eigenvalue weighted by molar-refractivity contribution is -0.169. The van der Waals surface area contributed by atoms with E-state index in [1.807, 2.05) is 32.0 Å². The second kappa shape index (κ2) is 7.05. The van der Waals surface area contributed by atoms with E-state index in [1.54, 1.807) is 0 Å². The monoisotopic (exact) mass is 292 g/mol. The van der Waals surface area contributed by atoms with Crippen LogP contribution >= 0.6 is 0 Å². The van der Waals surface area contributed by atoms with E-state index in [2.05, 4.69) is 12.1 Å². The summed E-state index contributed by atoms with van der Waals surface area (Å²) < 4.78 is 16.6. The van der Waals surface area contributed by atoms with Crippen LogP contribution in [0.2, 0.25) is 0 Å². The second-order valence-corrected chi connectivity index (χ2v) is 6.02. The second-order valence-electron chi connectivity index (χ2n) is 6.02. The summed E-state index contributed by atoms with van der Waals surface area (Å²) in [6.07, 6.45) is 1.53. The fourth-order valence-corrected chi connectivity index (χ4v) is 2.60. The first-order valence-corrected chi connectivity index (χ1v) is 7.39. The molecule has 0 saturated carbocycles. The van der Waals surface area contributed by atoms with Gasteiger partial charge in [0.25, 0.3) is 0 Å². The fourth-order valence-electron chi connectivity index (χ4n) is 2.60. The first-order chi connectivity index (χ1) is 10.0. The molecular formula is C17H24O4. The van der Waals surface area contributed by atoms with Gasteiger partial charge in [0, 0.05) is 13.0 Å². The van der Waals surface area contributed by atoms with Gasteiger partial charge >= 0.3 is 5.97 Å². The lowest BCUT2D eigenvalue weighted by atomic mass is 9.82. The molecule has 0 bridgehead atoms. The molecule has 1 saturated heterocycles. The highest BCUT2D eigenvalue weighted by Gasteiger charge is 2.41. The van der Waals surface area contributed by atoms with Gasteiger partial charge in [0.2, 0.25) is 0 Å². The molecule has 2 rings (SSSR count). The van der Waals surface area contributed by atoms with Gasteiger partial charge in [0.1, 0.15) is 0 Å². The predicted octanol–water partition coefficient (Wildman–Crippen LogP) is 2.95. The van der Waals surface area contributed by atoms with Crippen molar-refractivity contribution in [3.8, 4) is 0 Å². The van der Waals surface area contributed by atoms with Crippen LogP contribution in [-0.4, -0.2) is 31.9 Å². The summed E-state index contributed by atoms with van der Waals surface area (Å²) >= 11 is 0. The van der Waals surface area contributed by atoms with Crippen LogP contribution in [0.3, 0.4) is 0 Å². The zero-order valence-corrected chi connectivity index (χ0v) is 13.0. The zero-order chi connectivity index (χ0) is 15.3. The Hall–Kier alpha value is -1.39. The Morgan fingerprint density at radius 3 is 2.71 bits per heavy atom. The van der Waals surface area contributed by atoms with E-state index in [1.165, 1.54) is 7.11 Å². The Morgan fingerprint density at radius 1 is 1.33 bits per heavy atom. The van der Waals surface area contributed by atoms with E-state index in [9.17, 15) is 4.79 Å². The zero-order valence-electron chi connectivity index (χ0n) is 13.0. The summed E-state index contributed by atoms with van der Waals surface area (Å²) in [5.41, 5.74) is 0.511. The van der Waals surface area contributed by atoms with E-state index < -0.39 is 5.41 Å². The smallest absolute Gasteiger partial charge is 0.313 e. The summed E-state index contributed by atoms with van der Waals surface area (Å²) in [6.45, 7) is 4.94. The van der Waals surface area contributed by atoms with E-state index in [0.717, 1.165) is 18.4 Å². The number of methoxy groups -OCH3 is 1. The first kappa shape index (κ1) is 16.0. The van der Waals surface area contributed by atoms with Crippen molar-refractivity contribution in [2.75, 3.05) is 13.7 Å². The van der Waals surface area contributed by atoms with Gasteiger partial charge in [0.05, 0.1) is 31.3 Å². The number of rotatable bonds is 5. The van der Waals surface area contributed by atoms with Gasteiger partial charge < -0.3 is 14.2 Å². The van der Waals surface area contributed by atoms with Crippen LogP contribution in [0.15, 0.2) is 30.3 Å². The minimum Gasteiger partial charge on any atom is -0.469 e. The van der Waals surface area contributed by atoms with Gasteiger partial charge in [-0.15, -0.1) is 0 Å². The normalized spacial score (nSPS) is 22.8. The number of carbonyl (C=O) groups is 1. The van der Waals surface area contributed by atoms with E-state index >= 15 is 0 Å². The maximum absolute atomic E-state index is 11.9. The van der Waals surface area contributed by atoms with Crippen molar-refractivity contribution in [3.05, 3.63) is 35.9 Å². The molecule has 21 heavy (non-hydrogen) atoms. The Kier molecular flexibility index (Phi) is 5.37. The molecule has 0 radical (unpaired) electrons. The van der Waals surface area contributed by atoms with Crippen LogP contribution in [0.5, 0.6) is 0 Å². The number of ether oxygens (including phenoxy) is 3. The van der Waals surface area contributed by atoms with Crippen LogP contribution < -0.4 is 0 Å². The average Bonchev–Trinajstić information content (AvgIpc) is 2.53. The number of carbonyl (C=O) groups excluding carboxylic acids is 1. The molecule has 1 fully saturated rings. The number of hydrogen-bond acceptors (Lipinski definition) is 4. The lowest BCUT2D eigenvalue weighted by Crippen LogP contribution is -2.45. The summed E-state index contributed by atoms with van der Waals surface area (Å²) in [5.74, 6) is -0.240. The molecule has 2 atom stereocenters. The fraction of sp³-hybridized carbons (Fsp3) is 0.588. The molecule has 0 spiro atoms. The summed E-state index contributed by atoms with van der Waals surface area (Å²) in [7, 11) is 1.41. The van der Waals surface area contributed by atoms with Crippen molar-refractivity contribution in [1.82, 2.24) is 0 Å². The van der Waals surface area contributed by atoms with E-state index in [4.69, 9.17) is 14.2 Å². The minimum atomic E-state index is -0.649. The number of hydrogen-bond donors (Lipinski definition) is 0. The van der Waals surface area contributed by atoms with Crippen molar-refractivity contribution in [3.63, 3.8) is 0 Å². The first-order valence-electron chi connectivity index (χ1n) is 7.39. The van der Waals surface area contributed by atoms with Crippen molar-refractivity contribution in [2.24, 2.45) is 5.41 Å². The third-order valence-corrected chi connectivity index (χ3v) is 4.08. The average molecular weight is 292 g/mol. The van der Waals surface area contributed by atoms with Gasteiger partial charge in [0.15, 0.2) is 0 Å². The Balaban J connectivity index is 1.90. The molecule has 0 amide bonds. The van der Waals surface area contributed by atoms with Crippen LogP contribution in [0, 0.1) is 5.41 Å². The maximum Gasteiger partial charge on any atom is 0.313 e. The lowest BCUT2D eigenvalue weighted by Gasteiger charge is -2.37. The predicted molar refractivity (Wildman–Crippen MR) is 79.8 cm³/mol. The highest BCUT2D eigenvalue weighted by Crippen LogP contribution is 2.32. The SMILES string of the molecule is COC(=O)C(C)(C)[C@@H]1C[C@H](OCc2ccccc2)CCO1. The standard InChI is InChI=1S/C17H24O4/c1-17(2,16(18)19-3)15-11-14(9-10-20-15)21-12-13-7-5-4-6-8-13/h4-8,14-15H,9-12H2,1-3H3/t14-,15+/m1/s1. The molecule has 1 aromatic rings. The van der Waals surface area contributed by atoms with Gasteiger partial charge in [-0.25, -0.2) is 0 Å². The van der Waals surface area contributed by atoms with Crippen molar-refractivity contribution < 1.29 is 19.0 Å². The molecule has 0 N–H and O–H groups in total. The molecule has 1 aromatic carbocycles. The molecule has 0 unspecified atom stereocenters. The number of esters is 1. The summed E-state index contributed by atoms with van der Waals surface area (Å²) in [6, 6.07) is 10.1. The highest BCUT2D eigenvalue weighted by molar-refractivity contribution is 5.76. The van der Waals surface area contributed by atoms with Gasteiger partial charge in [-0.3, -0.25) is 4.79 Å². The molecular weight excluding hydrogens is 268 g/mol. The van der Waals surface area contributed by atoms with Crippen LogP contribution in [-0.2, 0) is 25.6 Å². The van der Waals surface area contributed by atoms with Gasteiger partial charge in [-0.2, -0.15) is 0 Å². The molecule has 116 valence electrons. The van der Waals surface area contributed by atoms with Crippen molar-refractivity contribution in [2.45, 2.75) is 45.5 Å². The van der Waals surface area contributed by atoms with Crippen LogP contribution in [0.4, 0.5) is 0 Å². The van der Waals surface area contributed by atoms with Gasteiger partial charge in [-0.1, -0.05) is 30.3 Å². The topological polar surface area (TPSA) is 44.8 Å². The Bertz CT molecular complexity index is 455. The Morgan fingerprint density at radius 2 is 2.05 bits per heavy atom. The molecule has 1 aliphatic rings. The molecule has 1 heterocycles. The van der Waals surface area contributed by atoms with Crippen molar-refractivity contribution in [1.29, 1.82) is 0 Å². The maximum atomic E-state index is 11.9. The molecule has 0 aliphatic carbocycles. The molecule has 1 aliphatic heterocycles. The molecule has 0 aromatic heterocycles. The Labute approximate surface area is 126 Å². The molecule has 4 nitrogen and oxygen atoms in total. The van der Waals surface area contributed by atoms with E-state index in [0.29, 0.717) is 13.2 Å². The van der Waals surface area contributed by atoms with Crippen LogP contribution in [0.1, 0.15) is 32.3 Å². The third kappa shape index (κ3) is 4.05. The molecule has 4 heteroatoms. The van der Waals surface area contributed by atoms with Gasteiger partial charge in [-0.05, 0) is 25.8 Å². The van der Waals surface area contributed by atoms with Crippen LogP contribution in [0.25, 0.3) is 0 Å². The van der Waals surface area contributed by atoms with E-state index in [-0.39, 0.29) is 18.2 Å². The largest absolute Gasteiger partial charge is 0.469 e. The number of benzene rings is 1. The minimum absolute atomic E-state index is 0.118. The quantitative estimate of drug-likeness (QED) is 0.783. The summed E-state index contributed by atoms with van der Waals surface area (Å²) in [5, 5.41) is 0. The summed E-state index contributed by atoms with van der Waals surface area (Å²) in [4.78, 5) is 11.9. The third-order valence-electron chi connectivity index (χ3n) is 4.08. The van der Waals surface area contributed by atoms with Crippen molar-refractivity contribution >= 4 is 5.97 Å². The highest BCUT2D eigenvalue weighted by atomic mass is 16.5.